The Labute approximate surface area is 169 Å². The third-order valence-electron chi connectivity index (χ3n) is 5.30. The largest absolute Gasteiger partial charge is 0.497 e. The third-order valence-corrected chi connectivity index (χ3v) is 5.30. The van der Waals surface area contributed by atoms with Crippen molar-refractivity contribution in [3.63, 3.8) is 0 Å². The highest BCUT2D eigenvalue weighted by Gasteiger charge is 2.25. The number of quaternary nitrogens is 1. The number of piperazine rings is 1. The van der Waals surface area contributed by atoms with E-state index in [-0.39, 0.29) is 6.03 Å². The van der Waals surface area contributed by atoms with Gasteiger partial charge < -0.3 is 34.1 Å². The number of rotatable bonds is 5. The van der Waals surface area contributed by atoms with Crippen LogP contribution in [0, 0.1) is 0 Å². The standard InChI is InChI=1S/C21H25N3O5/c1-26-16-4-5-17(19(12-16)27-2)22-21(25)24-9-7-23(8-10-24)13-15-3-6-18-20(11-15)29-14-28-18/h3-6,11-12H,7-10,13-14H2,1-2H3,(H,22,25)/p+1. The molecule has 2 amide bonds. The molecule has 0 aromatic heterocycles. The molecule has 2 N–H and O–H groups in total. The van der Waals surface area contributed by atoms with Crippen LogP contribution in [0.4, 0.5) is 10.5 Å². The molecule has 4 rings (SSSR count). The van der Waals surface area contributed by atoms with Crippen LogP contribution in [0.1, 0.15) is 5.56 Å². The molecule has 0 spiro atoms. The van der Waals surface area contributed by atoms with E-state index in [1.807, 2.05) is 17.0 Å². The normalized spacial score (nSPS) is 15.9. The molecule has 1 saturated heterocycles. The van der Waals surface area contributed by atoms with Crippen LogP contribution in [0.3, 0.4) is 0 Å². The quantitative estimate of drug-likeness (QED) is 0.793. The highest BCUT2D eigenvalue weighted by Crippen LogP contribution is 2.32. The van der Waals surface area contributed by atoms with Crippen molar-refractivity contribution in [3.8, 4) is 23.0 Å². The number of anilines is 1. The maximum Gasteiger partial charge on any atom is 0.322 e. The number of amides is 2. The summed E-state index contributed by atoms with van der Waals surface area (Å²) in [6.07, 6.45) is 0. The first-order valence-electron chi connectivity index (χ1n) is 9.66. The van der Waals surface area contributed by atoms with Gasteiger partial charge in [0, 0.05) is 11.6 Å². The number of urea groups is 1. The highest BCUT2D eigenvalue weighted by atomic mass is 16.7. The number of benzene rings is 2. The maximum atomic E-state index is 12.7. The lowest BCUT2D eigenvalue weighted by molar-refractivity contribution is -0.917. The number of methoxy groups -OCH3 is 2. The van der Waals surface area contributed by atoms with E-state index in [4.69, 9.17) is 18.9 Å². The average molecular weight is 400 g/mol. The summed E-state index contributed by atoms with van der Waals surface area (Å²) in [4.78, 5) is 16.0. The molecule has 0 atom stereocenters. The van der Waals surface area contributed by atoms with Crippen LogP contribution >= 0.6 is 0 Å². The van der Waals surface area contributed by atoms with Crippen molar-refractivity contribution in [1.29, 1.82) is 0 Å². The minimum absolute atomic E-state index is 0.115. The summed E-state index contributed by atoms with van der Waals surface area (Å²) in [5, 5.41) is 2.94. The molecule has 2 aromatic carbocycles. The van der Waals surface area contributed by atoms with E-state index in [0.29, 0.717) is 37.1 Å². The minimum Gasteiger partial charge on any atom is -0.497 e. The van der Waals surface area contributed by atoms with Crippen molar-refractivity contribution in [1.82, 2.24) is 4.90 Å². The molecule has 154 valence electrons. The predicted octanol–water partition coefficient (Wildman–Crippen LogP) is 1.37. The van der Waals surface area contributed by atoms with Gasteiger partial charge in [-0.1, -0.05) is 0 Å². The number of hydrogen-bond donors (Lipinski definition) is 2. The minimum atomic E-state index is -0.115. The predicted molar refractivity (Wildman–Crippen MR) is 107 cm³/mol. The summed E-state index contributed by atoms with van der Waals surface area (Å²) >= 11 is 0. The van der Waals surface area contributed by atoms with Crippen LogP contribution in [-0.2, 0) is 6.54 Å². The summed E-state index contributed by atoms with van der Waals surface area (Å²) in [6.45, 7) is 4.37. The molecule has 0 unspecified atom stereocenters. The van der Waals surface area contributed by atoms with E-state index in [0.717, 1.165) is 31.1 Å². The van der Waals surface area contributed by atoms with Gasteiger partial charge in [0.1, 0.15) is 18.0 Å². The van der Waals surface area contributed by atoms with E-state index in [9.17, 15) is 4.79 Å². The summed E-state index contributed by atoms with van der Waals surface area (Å²) < 4.78 is 21.4. The zero-order valence-corrected chi connectivity index (χ0v) is 16.7. The fraction of sp³-hybridized carbons (Fsp3) is 0.381. The van der Waals surface area contributed by atoms with Gasteiger partial charge in [0.25, 0.3) is 0 Å². The van der Waals surface area contributed by atoms with E-state index in [1.54, 1.807) is 32.4 Å². The Balaban J connectivity index is 1.31. The molecule has 0 aliphatic carbocycles. The topological polar surface area (TPSA) is 73.7 Å². The number of ether oxygens (including phenoxy) is 4. The maximum absolute atomic E-state index is 12.7. The molecule has 2 aliphatic heterocycles. The zero-order chi connectivity index (χ0) is 20.2. The molecule has 0 bridgehead atoms. The van der Waals surface area contributed by atoms with Gasteiger partial charge in [-0.2, -0.15) is 0 Å². The fourth-order valence-electron chi connectivity index (χ4n) is 3.64. The summed E-state index contributed by atoms with van der Waals surface area (Å²) in [5.41, 5.74) is 1.85. The van der Waals surface area contributed by atoms with Gasteiger partial charge in [-0.05, 0) is 30.3 Å². The molecular weight excluding hydrogens is 374 g/mol. The number of nitrogens with one attached hydrogen (secondary N) is 2. The van der Waals surface area contributed by atoms with E-state index >= 15 is 0 Å². The highest BCUT2D eigenvalue weighted by molar-refractivity contribution is 5.91. The van der Waals surface area contributed by atoms with Crippen LogP contribution in [0.5, 0.6) is 23.0 Å². The Bertz CT molecular complexity index is 881. The summed E-state index contributed by atoms with van der Waals surface area (Å²) in [6, 6.07) is 11.3. The van der Waals surface area contributed by atoms with Gasteiger partial charge in [0.2, 0.25) is 6.79 Å². The molecule has 1 fully saturated rings. The van der Waals surface area contributed by atoms with Crippen molar-refractivity contribution in [2.24, 2.45) is 0 Å². The molecule has 2 aliphatic rings. The van der Waals surface area contributed by atoms with Gasteiger partial charge in [0.15, 0.2) is 11.5 Å². The van der Waals surface area contributed by atoms with Gasteiger partial charge in [-0.3, -0.25) is 0 Å². The van der Waals surface area contributed by atoms with Crippen LogP contribution in [0.15, 0.2) is 36.4 Å². The number of hydrogen-bond acceptors (Lipinski definition) is 5. The Kier molecular flexibility index (Phi) is 5.62. The molecular formula is C21H26N3O5+. The van der Waals surface area contributed by atoms with Crippen molar-refractivity contribution < 1.29 is 28.6 Å². The van der Waals surface area contributed by atoms with Gasteiger partial charge >= 0.3 is 6.03 Å². The number of fused-ring (bicyclic) bond motifs is 1. The lowest BCUT2D eigenvalue weighted by Gasteiger charge is -2.32. The van der Waals surface area contributed by atoms with Crippen LogP contribution in [0.25, 0.3) is 0 Å². The first-order chi connectivity index (χ1) is 14.2. The third kappa shape index (κ3) is 4.32. The van der Waals surface area contributed by atoms with E-state index in [2.05, 4.69) is 11.4 Å². The first kappa shape index (κ1) is 19.2. The average Bonchev–Trinajstić information content (AvgIpc) is 3.22. The fourth-order valence-corrected chi connectivity index (χ4v) is 3.64. The van der Waals surface area contributed by atoms with Crippen LogP contribution in [0.2, 0.25) is 0 Å². The Hall–Kier alpha value is -3.13. The van der Waals surface area contributed by atoms with Crippen LogP contribution in [-0.4, -0.2) is 58.1 Å². The Morgan fingerprint density at radius 3 is 2.62 bits per heavy atom. The molecule has 2 aromatic rings. The molecule has 8 nitrogen and oxygen atoms in total. The van der Waals surface area contributed by atoms with Crippen molar-refractivity contribution in [2.75, 3.05) is 52.5 Å². The number of carbonyl (C=O) groups excluding carboxylic acids is 1. The van der Waals surface area contributed by atoms with Gasteiger partial charge in [-0.15, -0.1) is 0 Å². The molecule has 2 heterocycles. The Morgan fingerprint density at radius 1 is 1.07 bits per heavy atom. The van der Waals surface area contributed by atoms with Crippen LogP contribution < -0.4 is 29.2 Å². The number of nitrogens with zero attached hydrogens (tertiary/aromatic N) is 1. The van der Waals surface area contributed by atoms with Crippen molar-refractivity contribution in [3.05, 3.63) is 42.0 Å². The smallest absolute Gasteiger partial charge is 0.322 e. The lowest BCUT2D eigenvalue weighted by atomic mass is 10.1. The molecule has 8 heteroatoms. The second-order valence-electron chi connectivity index (χ2n) is 7.10. The van der Waals surface area contributed by atoms with Gasteiger partial charge in [0.05, 0.1) is 46.1 Å². The molecule has 0 radical (unpaired) electrons. The van der Waals surface area contributed by atoms with E-state index < -0.39 is 0 Å². The van der Waals surface area contributed by atoms with Crippen molar-refractivity contribution in [2.45, 2.75) is 6.54 Å². The first-order valence-corrected chi connectivity index (χ1v) is 9.66. The summed E-state index contributed by atoms with van der Waals surface area (Å²) in [7, 11) is 3.17. The SMILES string of the molecule is COc1ccc(NC(=O)N2CC[NH+](Cc3ccc4c(c3)OCO4)CC2)c(OC)c1. The lowest BCUT2D eigenvalue weighted by Crippen LogP contribution is -3.13. The van der Waals surface area contributed by atoms with Crippen molar-refractivity contribution >= 4 is 11.7 Å². The zero-order valence-electron chi connectivity index (χ0n) is 16.7. The van der Waals surface area contributed by atoms with Gasteiger partial charge in [-0.25, -0.2) is 4.79 Å². The summed E-state index contributed by atoms with van der Waals surface area (Å²) in [5.74, 6) is 2.87. The Morgan fingerprint density at radius 2 is 1.86 bits per heavy atom. The second kappa shape index (κ2) is 8.48. The monoisotopic (exact) mass is 400 g/mol. The second-order valence-corrected chi connectivity index (χ2v) is 7.10. The molecule has 0 saturated carbocycles. The number of carbonyl (C=O) groups is 1. The molecule has 29 heavy (non-hydrogen) atoms. The van der Waals surface area contributed by atoms with E-state index in [1.165, 1.54) is 10.5 Å².